The second-order valence-electron chi connectivity index (χ2n) is 8.66. The van der Waals surface area contributed by atoms with Crippen LogP contribution in [0.4, 0.5) is 5.95 Å². The van der Waals surface area contributed by atoms with Crippen LogP contribution in [-0.2, 0) is 28.1 Å². The summed E-state index contributed by atoms with van der Waals surface area (Å²) in [5, 5.41) is 3.27. The van der Waals surface area contributed by atoms with Crippen LogP contribution in [0.1, 0.15) is 55.8 Å². The molecule has 2 aliphatic rings. The molecule has 2 aromatic heterocycles. The molecule has 1 spiro atoms. The molecule has 7 heteroatoms. The number of hydrogen-bond donors (Lipinski definition) is 1. The number of aromatic nitrogens is 2. The number of hydrogen-bond acceptors (Lipinski definition) is 6. The molecular formula is C22H30N4O3. The van der Waals surface area contributed by atoms with Crippen LogP contribution in [0, 0.1) is 12.8 Å². The highest BCUT2D eigenvalue weighted by Gasteiger charge is 2.46. The molecule has 2 aliphatic heterocycles. The van der Waals surface area contributed by atoms with Gasteiger partial charge in [-0.3, -0.25) is 4.79 Å². The van der Waals surface area contributed by atoms with Crippen molar-refractivity contribution in [3.05, 3.63) is 41.1 Å². The molecule has 2 aromatic rings. The van der Waals surface area contributed by atoms with E-state index in [9.17, 15) is 4.79 Å². The number of ether oxygens (including phenoxy) is 1. The van der Waals surface area contributed by atoms with Gasteiger partial charge in [-0.25, -0.2) is 9.97 Å². The Hall–Kier alpha value is -2.41. The largest absolute Gasteiger partial charge is 0.467 e. The minimum Gasteiger partial charge on any atom is -0.467 e. The highest BCUT2D eigenvalue weighted by Crippen LogP contribution is 2.40. The summed E-state index contributed by atoms with van der Waals surface area (Å²) >= 11 is 0. The zero-order chi connectivity index (χ0) is 20.4. The Balaban J connectivity index is 1.54. The molecule has 29 heavy (non-hydrogen) atoms. The van der Waals surface area contributed by atoms with Gasteiger partial charge in [0.1, 0.15) is 5.76 Å². The summed E-state index contributed by atoms with van der Waals surface area (Å²) in [4.78, 5) is 24.2. The Morgan fingerprint density at radius 2 is 2.24 bits per heavy atom. The number of fused-ring (bicyclic) bond motifs is 2. The average molecular weight is 399 g/mol. The number of aryl methyl sites for hydroxylation is 1. The van der Waals surface area contributed by atoms with Crippen LogP contribution in [0.2, 0.25) is 0 Å². The van der Waals surface area contributed by atoms with E-state index in [2.05, 4.69) is 24.1 Å². The molecule has 4 heterocycles. The van der Waals surface area contributed by atoms with E-state index in [0.29, 0.717) is 44.6 Å². The van der Waals surface area contributed by atoms with Crippen molar-refractivity contribution in [1.82, 2.24) is 14.9 Å². The number of nitrogens with one attached hydrogen (secondary N) is 1. The van der Waals surface area contributed by atoms with Crippen molar-refractivity contribution in [3.63, 3.8) is 0 Å². The fourth-order valence-corrected chi connectivity index (χ4v) is 4.25. The quantitative estimate of drug-likeness (QED) is 0.803. The monoisotopic (exact) mass is 398 g/mol. The van der Waals surface area contributed by atoms with Crippen molar-refractivity contribution in [2.45, 2.75) is 58.6 Å². The highest BCUT2D eigenvalue weighted by atomic mass is 16.5. The maximum absolute atomic E-state index is 12.7. The van der Waals surface area contributed by atoms with Crippen molar-refractivity contribution < 1.29 is 13.9 Å². The van der Waals surface area contributed by atoms with Gasteiger partial charge in [0, 0.05) is 30.8 Å². The highest BCUT2D eigenvalue weighted by molar-refractivity contribution is 5.76. The maximum Gasteiger partial charge on any atom is 0.223 e. The van der Waals surface area contributed by atoms with E-state index < -0.39 is 0 Å². The van der Waals surface area contributed by atoms with Crippen LogP contribution < -0.4 is 5.32 Å². The van der Waals surface area contributed by atoms with Gasteiger partial charge in [-0.05, 0) is 37.8 Å². The SMILES string of the molecule is Cc1nc(NCc2ccco2)nc2c1COC[C@]21CCN(C(=O)CCC(C)C)C1. The molecule has 0 aromatic carbocycles. The van der Waals surface area contributed by atoms with Crippen molar-refractivity contribution in [3.8, 4) is 0 Å². The molecule has 4 rings (SSSR count). The number of furan rings is 1. The molecule has 1 N–H and O–H groups in total. The summed E-state index contributed by atoms with van der Waals surface area (Å²) < 4.78 is 11.3. The number of likely N-dealkylation sites (tertiary alicyclic amines) is 1. The van der Waals surface area contributed by atoms with Gasteiger partial charge in [-0.2, -0.15) is 0 Å². The van der Waals surface area contributed by atoms with Crippen molar-refractivity contribution in [2.75, 3.05) is 25.0 Å². The van der Waals surface area contributed by atoms with Crippen molar-refractivity contribution in [1.29, 1.82) is 0 Å². The molecule has 1 fully saturated rings. The Morgan fingerprint density at radius 3 is 3.00 bits per heavy atom. The Kier molecular flexibility index (Phi) is 5.58. The van der Waals surface area contributed by atoms with Crippen LogP contribution in [-0.4, -0.2) is 40.5 Å². The van der Waals surface area contributed by atoms with Gasteiger partial charge in [-0.1, -0.05) is 13.8 Å². The van der Waals surface area contributed by atoms with Gasteiger partial charge in [0.05, 0.1) is 37.1 Å². The maximum atomic E-state index is 12.7. The molecule has 1 saturated heterocycles. The molecule has 0 saturated carbocycles. The number of anilines is 1. The van der Waals surface area contributed by atoms with E-state index in [0.717, 1.165) is 42.1 Å². The topological polar surface area (TPSA) is 80.5 Å². The Morgan fingerprint density at radius 1 is 1.38 bits per heavy atom. The Labute approximate surface area is 171 Å². The van der Waals surface area contributed by atoms with E-state index >= 15 is 0 Å². The van der Waals surface area contributed by atoms with E-state index in [1.165, 1.54) is 0 Å². The number of nitrogens with zero attached hydrogens (tertiary/aromatic N) is 3. The van der Waals surface area contributed by atoms with Crippen LogP contribution in [0.3, 0.4) is 0 Å². The van der Waals surface area contributed by atoms with E-state index in [1.807, 2.05) is 24.0 Å². The normalized spacial score (nSPS) is 21.0. The third-order valence-corrected chi connectivity index (χ3v) is 5.98. The zero-order valence-corrected chi connectivity index (χ0v) is 17.5. The lowest BCUT2D eigenvalue weighted by Gasteiger charge is -2.35. The molecular weight excluding hydrogens is 368 g/mol. The summed E-state index contributed by atoms with van der Waals surface area (Å²) in [6.07, 6.45) is 4.07. The van der Waals surface area contributed by atoms with Gasteiger partial charge < -0.3 is 19.4 Å². The average Bonchev–Trinajstić information content (AvgIpc) is 3.36. The molecule has 0 unspecified atom stereocenters. The van der Waals surface area contributed by atoms with Crippen LogP contribution in [0.5, 0.6) is 0 Å². The van der Waals surface area contributed by atoms with Gasteiger partial charge in [0.2, 0.25) is 11.9 Å². The third kappa shape index (κ3) is 4.15. The predicted molar refractivity (Wildman–Crippen MR) is 109 cm³/mol. The second-order valence-corrected chi connectivity index (χ2v) is 8.66. The molecule has 1 amide bonds. The molecule has 1 atom stereocenters. The molecule has 0 aliphatic carbocycles. The van der Waals surface area contributed by atoms with Crippen LogP contribution in [0.15, 0.2) is 22.8 Å². The standard InChI is InChI=1S/C22H30N4O3/c1-15(2)6-7-19(27)26-9-8-22(13-26)14-28-12-18-16(3)24-21(25-20(18)22)23-11-17-5-4-10-29-17/h4-5,10,15H,6-9,11-14H2,1-3H3,(H,23,24,25)/t22-/m1/s1. The second kappa shape index (κ2) is 8.14. The summed E-state index contributed by atoms with van der Waals surface area (Å²) in [7, 11) is 0. The number of carbonyl (C=O) groups is 1. The van der Waals surface area contributed by atoms with E-state index in [-0.39, 0.29) is 11.3 Å². The lowest BCUT2D eigenvalue weighted by Crippen LogP contribution is -2.42. The first kappa shape index (κ1) is 19.9. The van der Waals surface area contributed by atoms with Gasteiger partial charge in [0.15, 0.2) is 0 Å². The number of rotatable bonds is 6. The molecule has 7 nitrogen and oxygen atoms in total. The predicted octanol–water partition coefficient (Wildman–Crippen LogP) is 3.43. The molecule has 0 radical (unpaired) electrons. The van der Waals surface area contributed by atoms with E-state index in [1.54, 1.807) is 6.26 Å². The molecule has 156 valence electrons. The van der Waals surface area contributed by atoms with Gasteiger partial charge in [0.25, 0.3) is 0 Å². The van der Waals surface area contributed by atoms with Crippen LogP contribution in [0.25, 0.3) is 0 Å². The Bertz CT molecular complexity index is 865. The minimum atomic E-state index is -0.240. The lowest BCUT2D eigenvalue weighted by atomic mass is 9.80. The van der Waals surface area contributed by atoms with Gasteiger partial charge >= 0.3 is 0 Å². The summed E-state index contributed by atoms with van der Waals surface area (Å²) in [6, 6.07) is 3.79. The summed E-state index contributed by atoms with van der Waals surface area (Å²) in [5.74, 6) is 2.21. The first-order valence-electron chi connectivity index (χ1n) is 10.5. The van der Waals surface area contributed by atoms with Crippen LogP contribution >= 0.6 is 0 Å². The van der Waals surface area contributed by atoms with Crippen molar-refractivity contribution >= 4 is 11.9 Å². The van der Waals surface area contributed by atoms with Gasteiger partial charge in [-0.15, -0.1) is 0 Å². The zero-order valence-electron chi connectivity index (χ0n) is 17.5. The minimum absolute atomic E-state index is 0.240. The van der Waals surface area contributed by atoms with Crippen molar-refractivity contribution in [2.24, 2.45) is 5.92 Å². The number of carbonyl (C=O) groups excluding carboxylic acids is 1. The third-order valence-electron chi connectivity index (χ3n) is 5.98. The van der Waals surface area contributed by atoms with E-state index in [4.69, 9.17) is 14.1 Å². The first-order valence-corrected chi connectivity index (χ1v) is 10.5. The molecule has 0 bridgehead atoms. The fourth-order valence-electron chi connectivity index (χ4n) is 4.25. The summed E-state index contributed by atoms with van der Waals surface area (Å²) in [6.45, 7) is 9.41. The smallest absolute Gasteiger partial charge is 0.223 e. The first-order chi connectivity index (χ1) is 14.0. The number of amides is 1. The summed E-state index contributed by atoms with van der Waals surface area (Å²) in [5.41, 5.74) is 2.80. The fraction of sp³-hybridized carbons (Fsp3) is 0.591. The lowest BCUT2D eigenvalue weighted by molar-refractivity contribution is -0.130.